The number of aliphatic hydroxyl groups excluding tert-OH is 6. The number of amides is 1. The molecule has 4 fully saturated rings. The molecular weight excluding hydrogens is 624 g/mol. The first-order chi connectivity index (χ1) is 22.4. The fourth-order valence-electron chi connectivity index (χ4n) is 7.28. The van der Waals surface area contributed by atoms with Crippen molar-refractivity contribution in [3.8, 4) is 0 Å². The van der Waals surface area contributed by atoms with Gasteiger partial charge in [-0.15, -0.1) is 0 Å². The molecule has 2 saturated heterocycles. The van der Waals surface area contributed by atoms with Crippen molar-refractivity contribution >= 4 is 11.9 Å². The van der Waals surface area contributed by atoms with Crippen LogP contribution in [0.25, 0.3) is 0 Å². The lowest BCUT2D eigenvalue weighted by Gasteiger charge is -2.48. The van der Waals surface area contributed by atoms with Gasteiger partial charge in [-0.3, -0.25) is 4.79 Å². The molecule has 2 heterocycles. The smallest absolute Gasteiger partial charge is 0.332 e. The summed E-state index contributed by atoms with van der Waals surface area (Å²) in [6.07, 6.45) is -12.3. The molecule has 4 rings (SSSR count). The molecule has 16 nitrogen and oxygen atoms in total. The Morgan fingerprint density at radius 3 is 2.19 bits per heavy atom. The number of aliphatic hydroxyl groups is 6. The molecule has 0 radical (unpaired) electrons. The highest BCUT2D eigenvalue weighted by Gasteiger charge is 2.51. The number of carboxylic acids is 1. The van der Waals surface area contributed by atoms with Crippen LogP contribution >= 0.6 is 0 Å². The van der Waals surface area contributed by atoms with Gasteiger partial charge in [0.05, 0.1) is 24.9 Å². The molecule has 0 spiro atoms. The third kappa shape index (κ3) is 9.38. The van der Waals surface area contributed by atoms with E-state index < -0.39 is 104 Å². The van der Waals surface area contributed by atoms with Gasteiger partial charge in [-0.1, -0.05) is 39.0 Å². The van der Waals surface area contributed by atoms with Crippen molar-refractivity contribution in [2.75, 3.05) is 19.7 Å². The summed E-state index contributed by atoms with van der Waals surface area (Å²) in [5.41, 5.74) is 5.56. The van der Waals surface area contributed by atoms with Crippen molar-refractivity contribution in [3.63, 3.8) is 0 Å². The van der Waals surface area contributed by atoms with Gasteiger partial charge in [-0.25, -0.2) is 4.79 Å². The summed E-state index contributed by atoms with van der Waals surface area (Å²) in [7, 11) is 0. The lowest BCUT2D eigenvalue weighted by molar-refractivity contribution is -0.349. The number of hydrogen-bond acceptors (Lipinski definition) is 14. The number of carbonyl (C=O) groups is 2. The predicted octanol–water partition coefficient (Wildman–Crippen LogP) is -2.05. The Hall–Kier alpha value is -1.54. The highest BCUT2D eigenvalue weighted by atomic mass is 16.7. The van der Waals surface area contributed by atoms with Crippen LogP contribution in [0.5, 0.6) is 0 Å². The van der Waals surface area contributed by atoms with Crippen LogP contribution in [0.1, 0.15) is 65.2 Å². The molecule has 0 aromatic carbocycles. The second kappa shape index (κ2) is 17.4. The van der Waals surface area contributed by atoms with E-state index in [1.807, 2.05) is 0 Å². The van der Waals surface area contributed by atoms with E-state index in [9.17, 15) is 45.3 Å². The zero-order valence-electron chi connectivity index (χ0n) is 27.1. The molecule has 2 aliphatic carbocycles. The molecule has 272 valence electrons. The summed E-state index contributed by atoms with van der Waals surface area (Å²) in [4.78, 5) is 25.2. The van der Waals surface area contributed by atoms with Gasteiger partial charge in [0.1, 0.15) is 42.7 Å². The minimum absolute atomic E-state index is 0.0544. The third-order valence-corrected chi connectivity index (χ3v) is 10.0. The van der Waals surface area contributed by atoms with Gasteiger partial charge >= 0.3 is 5.97 Å². The fraction of sp³-hybridized carbons (Fsp3) is 0.935. The number of nitrogens with two attached hydrogens (primary N) is 1. The summed E-state index contributed by atoms with van der Waals surface area (Å²) >= 11 is 0. The van der Waals surface area contributed by atoms with E-state index in [1.54, 1.807) is 6.92 Å². The van der Waals surface area contributed by atoms with Gasteiger partial charge in [0.2, 0.25) is 5.91 Å². The Morgan fingerprint density at radius 1 is 0.872 bits per heavy atom. The molecule has 4 aliphatic rings. The van der Waals surface area contributed by atoms with Crippen LogP contribution in [-0.4, -0.2) is 147 Å². The standard InChI is InChI=1S/C31H54N2O14/c1-14-10-17(28(40)33-9-8-32)12-18(26(14)47-30-24(38)23(37)21(35)15(2)43-30)45-31-25(39)27(22(36)20(13-34)46-31)44-19(29(41)42)11-16-6-4-3-5-7-16/h14-27,30-31,34-39H,3-13,32H2,1-2H3,(H,33,40)(H,41,42)/t14?,15?,17?,18?,19-,20?,21?,22?,23?,24?,25?,26?,27?,30?,31?/m0/s1. The Bertz CT molecular complexity index is 1000. The van der Waals surface area contributed by atoms with Crippen molar-refractivity contribution in [2.45, 2.75) is 145 Å². The van der Waals surface area contributed by atoms with E-state index >= 15 is 0 Å². The van der Waals surface area contributed by atoms with Crippen LogP contribution in [0.4, 0.5) is 0 Å². The van der Waals surface area contributed by atoms with Crippen molar-refractivity contribution < 1.29 is 69.0 Å². The van der Waals surface area contributed by atoms with Crippen LogP contribution < -0.4 is 11.1 Å². The lowest BCUT2D eigenvalue weighted by atomic mass is 9.77. The van der Waals surface area contributed by atoms with Gasteiger partial charge in [-0.05, 0) is 38.0 Å². The second-order valence-electron chi connectivity index (χ2n) is 13.6. The van der Waals surface area contributed by atoms with Crippen molar-refractivity contribution in [1.82, 2.24) is 5.32 Å². The largest absolute Gasteiger partial charge is 0.479 e. The quantitative estimate of drug-likeness (QED) is 0.102. The maximum atomic E-state index is 13.0. The molecular formula is C31H54N2O14. The summed E-state index contributed by atoms with van der Waals surface area (Å²) in [5.74, 6) is -2.39. The minimum Gasteiger partial charge on any atom is -0.479 e. The van der Waals surface area contributed by atoms with Crippen LogP contribution in [0.3, 0.4) is 0 Å². The maximum Gasteiger partial charge on any atom is 0.332 e. The topological polar surface area (TPSA) is 260 Å². The lowest BCUT2D eigenvalue weighted by Crippen LogP contribution is -2.63. The molecule has 47 heavy (non-hydrogen) atoms. The molecule has 16 heteroatoms. The zero-order chi connectivity index (χ0) is 34.4. The average Bonchev–Trinajstić information content (AvgIpc) is 3.05. The molecule has 0 bridgehead atoms. The van der Waals surface area contributed by atoms with E-state index in [2.05, 4.69) is 5.32 Å². The molecule has 2 saturated carbocycles. The number of carbonyl (C=O) groups excluding carboxylic acids is 1. The number of carboxylic acid groups (broad SMARTS) is 1. The van der Waals surface area contributed by atoms with Gasteiger partial charge < -0.3 is 70.5 Å². The SMILES string of the molecule is CC1CC(C(=O)NCCN)CC(OC2OC(CO)C(O)C(O[C@@H](CC3CCCCC3)C(=O)O)C2O)C1OC1OC(C)C(O)C(O)C1O. The van der Waals surface area contributed by atoms with Gasteiger partial charge in [0.15, 0.2) is 18.7 Å². The Morgan fingerprint density at radius 2 is 1.55 bits per heavy atom. The van der Waals surface area contributed by atoms with Crippen molar-refractivity contribution in [1.29, 1.82) is 0 Å². The Balaban J connectivity index is 1.55. The van der Waals surface area contributed by atoms with Crippen molar-refractivity contribution in [2.24, 2.45) is 23.5 Å². The zero-order valence-corrected chi connectivity index (χ0v) is 27.1. The van der Waals surface area contributed by atoms with Gasteiger partial charge in [0, 0.05) is 19.0 Å². The number of nitrogens with one attached hydrogen (secondary N) is 1. The fourth-order valence-corrected chi connectivity index (χ4v) is 7.28. The summed E-state index contributed by atoms with van der Waals surface area (Å²) in [6, 6.07) is 0. The summed E-state index contributed by atoms with van der Waals surface area (Å²) < 4.78 is 29.7. The Kier molecular flexibility index (Phi) is 14.2. The van der Waals surface area contributed by atoms with Crippen LogP contribution in [0, 0.1) is 17.8 Å². The summed E-state index contributed by atoms with van der Waals surface area (Å²) in [6.45, 7) is 3.09. The number of aliphatic carboxylic acids is 1. The first-order valence-corrected chi connectivity index (χ1v) is 16.8. The number of ether oxygens (including phenoxy) is 5. The molecule has 14 unspecified atom stereocenters. The van der Waals surface area contributed by atoms with Gasteiger partial charge in [0.25, 0.3) is 0 Å². The first kappa shape index (κ1) is 38.3. The molecule has 1 amide bonds. The molecule has 0 aromatic rings. The highest BCUT2D eigenvalue weighted by Crippen LogP contribution is 2.38. The third-order valence-electron chi connectivity index (χ3n) is 10.0. The van der Waals surface area contributed by atoms with E-state index in [0.29, 0.717) is 6.42 Å². The van der Waals surface area contributed by atoms with E-state index in [4.69, 9.17) is 29.4 Å². The van der Waals surface area contributed by atoms with E-state index in [0.717, 1.165) is 32.1 Å². The molecule has 2 aliphatic heterocycles. The van der Waals surface area contributed by atoms with E-state index in [1.165, 1.54) is 6.92 Å². The van der Waals surface area contributed by atoms with Crippen LogP contribution in [-0.2, 0) is 33.3 Å². The predicted molar refractivity (Wildman–Crippen MR) is 161 cm³/mol. The minimum atomic E-state index is -1.71. The molecule has 10 N–H and O–H groups in total. The van der Waals surface area contributed by atoms with E-state index in [-0.39, 0.29) is 37.8 Å². The summed E-state index contributed by atoms with van der Waals surface area (Å²) in [5, 5.41) is 76.3. The average molecular weight is 679 g/mol. The van der Waals surface area contributed by atoms with Crippen LogP contribution in [0.15, 0.2) is 0 Å². The number of rotatable bonds is 13. The van der Waals surface area contributed by atoms with Gasteiger partial charge in [-0.2, -0.15) is 0 Å². The number of hydrogen-bond donors (Lipinski definition) is 9. The monoisotopic (exact) mass is 678 g/mol. The van der Waals surface area contributed by atoms with Crippen molar-refractivity contribution in [3.05, 3.63) is 0 Å². The normalized spacial score (nSPS) is 42.5. The molecule has 0 aromatic heterocycles. The second-order valence-corrected chi connectivity index (χ2v) is 13.6. The van der Waals surface area contributed by atoms with Crippen LogP contribution in [0.2, 0.25) is 0 Å². The Labute approximate surface area is 274 Å². The highest BCUT2D eigenvalue weighted by molar-refractivity contribution is 5.78. The molecule has 15 atom stereocenters. The maximum absolute atomic E-state index is 13.0. The first-order valence-electron chi connectivity index (χ1n) is 16.8.